The van der Waals surface area contributed by atoms with E-state index in [0.717, 1.165) is 0 Å². The van der Waals surface area contributed by atoms with Gasteiger partial charge in [0.2, 0.25) is 0 Å². The number of aromatic hydroxyl groups is 2. The predicted octanol–water partition coefficient (Wildman–Crippen LogP) is 3.35. The van der Waals surface area contributed by atoms with E-state index in [-0.39, 0.29) is 23.3 Å². The van der Waals surface area contributed by atoms with Gasteiger partial charge in [0.1, 0.15) is 23.3 Å². The third-order valence-electron chi connectivity index (χ3n) is 4.13. The third kappa shape index (κ3) is 3.27. The Labute approximate surface area is 144 Å². The van der Waals surface area contributed by atoms with E-state index >= 15 is 0 Å². The minimum absolute atomic E-state index is 0.0177. The fourth-order valence-corrected chi connectivity index (χ4v) is 2.62. The molecular weight excluding hydrogens is 320 g/mol. The molecule has 2 aromatic carbocycles. The fraction of sp³-hybridized carbons (Fsp3) is 0.150. The maximum Gasteiger partial charge on any atom is 0.200 e. The van der Waals surface area contributed by atoms with Gasteiger partial charge in [0.25, 0.3) is 0 Å². The van der Waals surface area contributed by atoms with E-state index in [2.05, 4.69) is 6.58 Å². The second-order valence-corrected chi connectivity index (χ2v) is 6.07. The van der Waals surface area contributed by atoms with Crippen LogP contribution in [0.1, 0.15) is 12.5 Å². The van der Waals surface area contributed by atoms with E-state index in [9.17, 15) is 20.1 Å². The Bertz CT molecular complexity index is 1020. The summed E-state index contributed by atoms with van der Waals surface area (Å²) < 4.78 is 5.46. The molecule has 1 heterocycles. The average Bonchev–Trinajstić information content (AvgIpc) is 2.57. The van der Waals surface area contributed by atoms with Crippen molar-refractivity contribution in [3.63, 3.8) is 0 Å². The quantitative estimate of drug-likeness (QED) is 0.635. The Morgan fingerprint density at radius 3 is 2.68 bits per heavy atom. The molecule has 0 amide bonds. The minimum Gasteiger partial charge on any atom is -0.508 e. The zero-order valence-electron chi connectivity index (χ0n) is 13.7. The number of rotatable bonds is 4. The summed E-state index contributed by atoms with van der Waals surface area (Å²) in [5, 5.41) is 29.8. The van der Waals surface area contributed by atoms with E-state index in [1.807, 2.05) is 0 Å². The summed E-state index contributed by atoms with van der Waals surface area (Å²) in [5.41, 5.74) is 2.08. The highest BCUT2D eigenvalue weighted by atomic mass is 16.3. The maximum absolute atomic E-state index is 12.7. The Morgan fingerprint density at radius 2 is 1.96 bits per heavy atom. The molecule has 0 fully saturated rings. The summed E-state index contributed by atoms with van der Waals surface area (Å²) in [5.74, 6) is 0.0586. The first-order valence-corrected chi connectivity index (χ1v) is 7.77. The van der Waals surface area contributed by atoms with Gasteiger partial charge in [-0.25, -0.2) is 0 Å². The lowest BCUT2D eigenvalue weighted by Crippen LogP contribution is -2.11. The first kappa shape index (κ1) is 16.8. The Kier molecular flexibility index (Phi) is 4.33. The van der Waals surface area contributed by atoms with Crippen LogP contribution in [0, 0.1) is 0 Å². The van der Waals surface area contributed by atoms with Gasteiger partial charge in [-0.3, -0.25) is 4.79 Å². The molecule has 5 heteroatoms. The van der Waals surface area contributed by atoms with Crippen molar-refractivity contribution in [3.8, 4) is 22.6 Å². The molecule has 3 N–H and O–H groups in total. The van der Waals surface area contributed by atoms with Crippen molar-refractivity contribution in [2.75, 3.05) is 0 Å². The molecule has 3 rings (SSSR count). The molecule has 0 saturated carbocycles. The van der Waals surface area contributed by atoms with Gasteiger partial charge in [0, 0.05) is 12.5 Å². The summed E-state index contributed by atoms with van der Waals surface area (Å²) in [4.78, 5) is 12.7. The minimum atomic E-state index is -0.780. The van der Waals surface area contributed by atoms with Crippen LogP contribution in [0.3, 0.4) is 0 Å². The van der Waals surface area contributed by atoms with Crippen molar-refractivity contribution in [2.45, 2.75) is 19.4 Å². The first-order chi connectivity index (χ1) is 11.9. The lowest BCUT2D eigenvalue weighted by Gasteiger charge is -2.13. The Balaban J connectivity index is 2.09. The molecule has 25 heavy (non-hydrogen) atoms. The summed E-state index contributed by atoms with van der Waals surface area (Å²) in [6, 6.07) is 9.06. The summed E-state index contributed by atoms with van der Waals surface area (Å²) in [6.45, 7) is 5.41. The standard InChI is InChI=1S/C20H18O5/c1-11(2)18(23)8-13-7-12(3-6-17(13)22)16-10-25-19-9-14(21)4-5-15(19)20(16)24/h3-7,9-10,18,21-23H,1,8H2,2H3. The van der Waals surface area contributed by atoms with Crippen LogP contribution in [0.15, 0.2) is 64.0 Å². The number of fused-ring (bicyclic) bond motifs is 1. The summed E-state index contributed by atoms with van der Waals surface area (Å²) in [7, 11) is 0. The van der Waals surface area contributed by atoms with E-state index < -0.39 is 6.10 Å². The van der Waals surface area contributed by atoms with Gasteiger partial charge >= 0.3 is 0 Å². The van der Waals surface area contributed by atoms with Gasteiger partial charge < -0.3 is 19.7 Å². The van der Waals surface area contributed by atoms with Crippen molar-refractivity contribution >= 4 is 11.0 Å². The lowest BCUT2D eigenvalue weighted by molar-refractivity contribution is 0.210. The number of hydrogen-bond acceptors (Lipinski definition) is 5. The molecule has 1 atom stereocenters. The molecule has 128 valence electrons. The van der Waals surface area contributed by atoms with Crippen LogP contribution in [0.2, 0.25) is 0 Å². The number of phenols is 2. The van der Waals surface area contributed by atoms with E-state index in [4.69, 9.17) is 4.42 Å². The second kappa shape index (κ2) is 6.45. The molecule has 1 aromatic heterocycles. The van der Waals surface area contributed by atoms with Crippen LogP contribution >= 0.6 is 0 Å². The van der Waals surface area contributed by atoms with Crippen LogP contribution < -0.4 is 5.43 Å². The number of phenolic OH excluding ortho intramolecular Hbond substituents is 2. The molecule has 0 spiro atoms. The third-order valence-corrected chi connectivity index (χ3v) is 4.13. The van der Waals surface area contributed by atoms with Crippen molar-refractivity contribution in [1.82, 2.24) is 0 Å². The fourth-order valence-electron chi connectivity index (χ4n) is 2.62. The molecule has 1 unspecified atom stereocenters. The van der Waals surface area contributed by atoms with Gasteiger partial charge in [-0.15, -0.1) is 0 Å². The first-order valence-electron chi connectivity index (χ1n) is 7.77. The van der Waals surface area contributed by atoms with Crippen LogP contribution in [0.4, 0.5) is 0 Å². The van der Waals surface area contributed by atoms with Crippen molar-refractivity contribution in [2.24, 2.45) is 0 Å². The van der Waals surface area contributed by atoms with Crippen LogP contribution in [-0.2, 0) is 6.42 Å². The number of benzene rings is 2. The van der Waals surface area contributed by atoms with E-state index in [1.165, 1.54) is 30.5 Å². The molecule has 3 aromatic rings. The molecule has 0 aliphatic carbocycles. The molecule has 0 radical (unpaired) electrons. The van der Waals surface area contributed by atoms with Gasteiger partial charge in [-0.05, 0) is 42.3 Å². The molecular formula is C20H18O5. The molecule has 0 aliphatic rings. The van der Waals surface area contributed by atoms with Crippen LogP contribution in [0.25, 0.3) is 22.1 Å². The highest BCUT2D eigenvalue weighted by molar-refractivity contribution is 5.82. The lowest BCUT2D eigenvalue weighted by atomic mass is 9.97. The number of aliphatic hydroxyl groups excluding tert-OH is 1. The molecule has 0 aliphatic heterocycles. The zero-order chi connectivity index (χ0) is 18.1. The number of hydrogen-bond donors (Lipinski definition) is 3. The van der Waals surface area contributed by atoms with Crippen molar-refractivity contribution in [3.05, 3.63) is 70.6 Å². The summed E-state index contributed by atoms with van der Waals surface area (Å²) >= 11 is 0. The zero-order valence-corrected chi connectivity index (χ0v) is 13.7. The van der Waals surface area contributed by atoms with Crippen LogP contribution in [-0.4, -0.2) is 21.4 Å². The van der Waals surface area contributed by atoms with Crippen molar-refractivity contribution < 1.29 is 19.7 Å². The number of aliphatic hydroxyl groups is 1. The highest BCUT2D eigenvalue weighted by Gasteiger charge is 2.14. The largest absolute Gasteiger partial charge is 0.508 e. The monoisotopic (exact) mass is 338 g/mol. The average molecular weight is 338 g/mol. The smallest absolute Gasteiger partial charge is 0.200 e. The topological polar surface area (TPSA) is 90.9 Å². The second-order valence-electron chi connectivity index (χ2n) is 6.07. The van der Waals surface area contributed by atoms with Gasteiger partial charge in [-0.2, -0.15) is 0 Å². The van der Waals surface area contributed by atoms with Gasteiger partial charge in [-0.1, -0.05) is 18.2 Å². The maximum atomic E-state index is 12.7. The van der Waals surface area contributed by atoms with E-state index in [0.29, 0.717) is 33.2 Å². The molecule has 0 bridgehead atoms. The highest BCUT2D eigenvalue weighted by Crippen LogP contribution is 2.28. The Morgan fingerprint density at radius 1 is 1.20 bits per heavy atom. The SMILES string of the molecule is C=C(C)C(O)Cc1cc(-c2coc3cc(O)ccc3c2=O)ccc1O. The molecule has 5 nitrogen and oxygen atoms in total. The predicted molar refractivity (Wildman–Crippen MR) is 95.8 cm³/mol. The Hall–Kier alpha value is -3.05. The normalized spacial score (nSPS) is 12.2. The van der Waals surface area contributed by atoms with Crippen LogP contribution in [0.5, 0.6) is 11.5 Å². The van der Waals surface area contributed by atoms with Gasteiger partial charge in [0.15, 0.2) is 5.43 Å². The van der Waals surface area contributed by atoms with E-state index in [1.54, 1.807) is 19.1 Å². The van der Waals surface area contributed by atoms with Crippen molar-refractivity contribution in [1.29, 1.82) is 0 Å². The summed E-state index contributed by atoms with van der Waals surface area (Å²) in [6.07, 6.45) is 0.745. The molecule has 0 saturated heterocycles. The van der Waals surface area contributed by atoms with Gasteiger partial charge in [0.05, 0.1) is 17.1 Å².